The minimum atomic E-state index is 0.797. The zero-order chi connectivity index (χ0) is 20.5. The van der Waals surface area contributed by atoms with E-state index in [1.54, 1.807) is 0 Å². The van der Waals surface area contributed by atoms with Gasteiger partial charge in [-0.1, -0.05) is 136 Å². The third-order valence-corrected chi connectivity index (χ3v) is 6.03. The molecule has 0 aliphatic heterocycles. The van der Waals surface area contributed by atoms with E-state index < -0.39 is 0 Å². The second kappa shape index (κ2) is 24.6. The molecule has 28 heavy (non-hydrogen) atoms. The van der Waals surface area contributed by atoms with Gasteiger partial charge >= 0.3 is 0 Å². The van der Waals surface area contributed by atoms with E-state index in [0.29, 0.717) is 0 Å². The Hall–Kier alpha value is -0.440. The monoisotopic (exact) mass is 390 g/mol. The molecule has 0 rings (SSSR count). The van der Waals surface area contributed by atoms with Crippen LogP contribution in [0.3, 0.4) is 0 Å². The Morgan fingerprint density at radius 2 is 0.857 bits per heavy atom. The Labute approximate surface area is 180 Å². The molecule has 0 aliphatic carbocycles. The predicted octanol–water partition coefficient (Wildman–Crippen LogP) is 10.2. The van der Waals surface area contributed by atoms with E-state index in [1.807, 2.05) is 0 Å². The largest absolute Gasteiger partial charge is 0.103 e. The molecule has 0 fully saturated rings. The maximum atomic E-state index is 3.43. The van der Waals surface area contributed by atoms with Crippen LogP contribution >= 0.6 is 0 Å². The highest BCUT2D eigenvalue weighted by Gasteiger charge is 1.99. The van der Waals surface area contributed by atoms with Crippen molar-refractivity contribution in [1.82, 2.24) is 0 Å². The lowest BCUT2D eigenvalue weighted by molar-refractivity contribution is 0.499. The summed E-state index contributed by atoms with van der Waals surface area (Å²) in [5.74, 6) is 7.64. The Kier molecular flexibility index (Phi) is 24.2. The van der Waals surface area contributed by atoms with E-state index in [0.717, 1.165) is 18.8 Å². The van der Waals surface area contributed by atoms with Crippen LogP contribution in [0.15, 0.2) is 0 Å². The Morgan fingerprint density at radius 1 is 0.464 bits per heavy atom. The second-order valence-corrected chi connectivity index (χ2v) is 9.21. The molecule has 0 aromatic heterocycles. The van der Waals surface area contributed by atoms with Crippen LogP contribution in [0.5, 0.6) is 0 Å². The van der Waals surface area contributed by atoms with Gasteiger partial charge in [-0.25, -0.2) is 0 Å². The van der Waals surface area contributed by atoms with E-state index in [-0.39, 0.29) is 0 Å². The Morgan fingerprint density at radius 3 is 1.32 bits per heavy atom. The van der Waals surface area contributed by atoms with E-state index in [2.05, 4.69) is 32.6 Å². The van der Waals surface area contributed by atoms with Gasteiger partial charge in [0, 0.05) is 12.8 Å². The highest BCUT2D eigenvalue weighted by Crippen LogP contribution is 2.14. The van der Waals surface area contributed by atoms with Crippen molar-refractivity contribution in [1.29, 1.82) is 0 Å². The third kappa shape index (κ3) is 23.6. The van der Waals surface area contributed by atoms with Gasteiger partial charge in [0.15, 0.2) is 0 Å². The van der Waals surface area contributed by atoms with Crippen molar-refractivity contribution in [3.05, 3.63) is 0 Å². The molecule has 0 unspecified atom stereocenters. The van der Waals surface area contributed by atoms with Crippen LogP contribution in [0, 0.1) is 17.8 Å². The molecule has 0 aliphatic rings. The molecular weight excluding hydrogens is 336 g/mol. The standard InChI is InChI=1S/C28H54/c1-4-6-8-10-11-12-13-14-15-16-17-18-19-20-21-22-23-25-27-28(3)26-24-9-7-5-2/h28H,4-22,24,26-27H2,1-3H3/t28-/m1/s1. The summed E-state index contributed by atoms with van der Waals surface area (Å²) >= 11 is 0. The van der Waals surface area contributed by atoms with E-state index in [9.17, 15) is 0 Å². The first kappa shape index (κ1) is 27.6. The summed E-state index contributed by atoms with van der Waals surface area (Å²) in [6.45, 7) is 6.95. The van der Waals surface area contributed by atoms with Crippen molar-refractivity contribution in [2.24, 2.45) is 5.92 Å². The molecule has 0 aromatic carbocycles. The molecule has 0 spiro atoms. The van der Waals surface area contributed by atoms with Gasteiger partial charge in [-0.3, -0.25) is 0 Å². The van der Waals surface area contributed by atoms with Crippen LogP contribution in [0.2, 0.25) is 0 Å². The van der Waals surface area contributed by atoms with Crippen LogP contribution in [0.1, 0.15) is 162 Å². The third-order valence-electron chi connectivity index (χ3n) is 6.03. The van der Waals surface area contributed by atoms with Crippen LogP contribution in [-0.4, -0.2) is 0 Å². The molecule has 0 saturated heterocycles. The van der Waals surface area contributed by atoms with Gasteiger partial charge in [0.05, 0.1) is 0 Å². The van der Waals surface area contributed by atoms with Gasteiger partial charge in [-0.15, -0.1) is 11.8 Å². The molecule has 0 amide bonds. The number of hydrogen-bond donors (Lipinski definition) is 0. The van der Waals surface area contributed by atoms with Crippen molar-refractivity contribution in [3.8, 4) is 11.8 Å². The molecule has 0 heterocycles. The van der Waals surface area contributed by atoms with Gasteiger partial charge in [0.2, 0.25) is 0 Å². The lowest BCUT2D eigenvalue weighted by Crippen LogP contribution is -1.92. The summed E-state index contributed by atoms with van der Waals surface area (Å²) in [6.07, 6.45) is 30.7. The summed E-state index contributed by atoms with van der Waals surface area (Å²) in [5, 5.41) is 0. The Balaban J connectivity index is 3.18. The molecule has 0 N–H and O–H groups in total. The molecule has 0 heteroatoms. The SMILES string of the molecule is CCCCCCCCCCCCCCCCCC#CC[C@H](C)CCCCCC. The second-order valence-electron chi connectivity index (χ2n) is 9.21. The fraction of sp³-hybridized carbons (Fsp3) is 0.929. The molecule has 0 aromatic rings. The molecule has 0 nitrogen and oxygen atoms in total. The molecule has 0 saturated carbocycles. The summed E-state index contributed by atoms with van der Waals surface area (Å²) < 4.78 is 0. The van der Waals surface area contributed by atoms with Crippen LogP contribution in [0.25, 0.3) is 0 Å². The first-order valence-corrected chi connectivity index (χ1v) is 13.3. The molecule has 0 bridgehead atoms. The van der Waals surface area contributed by atoms with Crippen LogP contribution < -0.4 is 0 Å². The predicted molar refractivity (Wildman–Crippen MR) is 130 cm³/mol. The van der Waals surface area contributed by atoms with Crippen molar-refractivity contribution in [3.63, 3.8) is 0 Å². The van der Waals surface area contributed by atoms with Gasteiger partial charge in [-0.05, 0) is 18.8 Å². The fourth-order valence-corrected chi connectivity index (χ4v) is 3.94. The smallest absolute Gasteiger partial charge is 0.0114 e. The lowest BCUT2D eigenvalue weighted by Gasteiger charge is -2.06. The van der Waals surface area contributed by atoms with Crippen molar-refractivity contribution in [2.75, 3.05) is 0 Å². The van der Waals surface area contributed by atoms with Crippen molar-refractivity contribution < 1.29 is 0 Å². The topological polar surface area (TPSA) is 0 Å². The molecule has 166 valence electrons. The first-order chi connectivity index (χ1) is 13.8. The maximum absolute atomic E-state index is 3.43. The van der Waals surface area contributed by atoms with Gasteiger partial charge < -0.3 is 0 Å². The van der Waals surface area contributed by atoms with Crippen molar-refractivity contribution in [2.45, 2.75) is 162 Å². The summed E-state index contributed by atoms with van der Waals surface area (Å²) in [6, 6.07) is 0. The number of unbranched alkanes of at least 4 members (excludes halogenated alkanes) is 18. The van der Waals surface area contributed by atoms with E-state index in [1.165, 1.54) is 128 Å². The summed E-state index contributed by atoms with van der Waals surface area (Å²) in [7, 11) is 0. The zero-order valence-electron chi connectivity index (χ0n) is 20.1. The summed E-state index contributed by atoms with van der Waals surface area (Å²) in [4.78, 5) is 0. The average Bonchev–Trinajstić information content (AvgIpc) is 2.70. The average molecular weight is 391 g/mol. The Bertz CT molecular complexity index is 332. The maximum Gasteiger partial charge on any atom is 0.0114 e. The molecular formula is C28H54. The van der Waals surface area contributed by atoms with Crippen LogP contribution in [0.4, 0.5) is 0 Å². The van der Waals surface area contributed by atoms with Gasteiger partial charge in [0.1, 0.15) is 0 Å². The molecule has 1 atom stereocenters. The molecule has 0 radical (unpaired) electrons. The minimum Gasteiger partial charge on any atom is -0.103 e. The van der Waals surface area contributed by atoms with E-state index in [4.69, 9.17) is 0 Å². The van der Waals surface area contributed by atoms with Gasteiger partial charge in [-0.2, -0.15) is 0 Å². The zero-order valence-corrected chi connectivity index (χ0v) is 20.1. The normalized spacial score (nSPS) is 12.0. The van der Waals surface area contributed by atoms with Crippen molar-refractivity contribution >= 4 is 0 Å². The highest BCUT2D eigenvalue weighted by atomic mass is 14.0. The first-order valence-electron chi connectivity index (χ1n) is 13.3. The number of rotatable bonds is 21. The summed E-state index contributed by atoms with van der Waals surface area (Å²) in [5.41, 5.74) is 0. The van der Waals surface area contributed by atoms with Crippen LogP contribution in [-0.2, 0) is 0 Å². The number of hydrogen-bond acceptors (Lipinski definition) is 0. The van der Waals surface area contributed by atoms with E-state index >= 15 is 0 Å². The quantitative estimate of drug-likeness (QED) is 0.135. The minimum absolute atomic E-state index is 0.797. The highest BCUT2D eigenvalue weighted by molar-refractivity contribution is 4.99. The fourth-order valence-electron chi connectivity index (χ4n) is 3.94. The van der Waals surface area contributed by atoms with Gasteiger partial charge in [0.25, 0.3) is 0 Å². The lowest BCUT2D eigenvalue weighted by atomic mass is 9.99.